The molecule has 80 valence electrons. The Bertz CT molecular complexity index is 399. The third kappa shape index (κ3) is 1.83. The zero-order valence-corrected chi connectivity index (χ0v) is 9.91. The second-order valence-corrected chi connectivity index (χ2v) is 5.39. The van der Waals surface area contributed by atoms with Crippen molar-refractivity contribution in [3.63, 3.8) is 0 Å². The lowest BCUT2D eigenvalue weighted by Gasteiger charge is -2.28. The summed E-state index contributed by atoms with van der Waals surface area (Å²) in [5.41, 5.74) is 2.38. The highest BCUT2D eigenvalue weighted by Crippen LogP contribution is 2.42. The zero-order chi connectivity index (χ0) is 10.4. The first-order valence-corrected chi connectivity index (χ1v) is 6.24. The zero-order valence-electron chi connectivity index (χ0n) is 8.39. The van der Waals surface area contributed by atoms with E-state index in [-0.39, 0.29) is 0 Å². The van der Waals surface area contributed by atoms with E-state index in [1.807, 2.05) is 12.1 Å². The minimum Gasteiger partial charge on any atom is -0.381 e. The first-order chi connectivity index (χ1) is 7.24. The van der Waals surface area contributed by atoms with Gasteiger partial charge in [-0.1, -0.05) is 23.2 Å². The summed E-state index contributed by atoms with van der Waals surface area (Å²) in [5.74, 6) is 0.880. The van der Waals surface area contributed by atoms with E-state index in [1.54, 1.807) is 0 Å². The fraction of sp³-hybridized carbons (Fsp3) is 0.500. The van der Waals surface area contributed by atoms with Gasteiger partial charge in [-0.2, -0.15) is 0 Å². The lowest BCUT2D eigenvalue weighted by Crippen LogP contribution is -2.27. The predicted octanol–water partition coefficient (Wildman–Crippen LogP) is 4.13. The highest BCUT2D eigenvalue weighted by Gasteiger charge is 2.33. The summed E-state index contributed by atoms with van der Waals surface area (Å²) in [6, 6.07) is 4.49. The quantitative estimate of drug-likeness (QED) is 0.780. The van der Waals surface area contributed by atoms with Gasteiger partial charge in [-0.25, -0.2) is 0 Å². The number of nitrogens with one attached hydrogen (secondary N) is 1. The summed E-state index contributed by atoms with van der Waals surface area (Å²) < 4.78 is 0. The van der Waals surface area contributed by atoms with Crippen LogP contribution in [0.5, 0.6) is 0 Å². The Balaban J connectivity index is 1.93. The highest BCUT2D eigenvalue weighted by molar-refractivity contribution is 6.36. The highest BCUT2D eigenvalue weighted by atomic mass is 35.5. The van der Waals surface area contributed by atoms with Crippen molar-refractivity contribution in [1.29, 1.82) is 0 Å². The normalized spacial score (nSPS) is 24.5. The molecule has 1 unspecified atom stereocenters. The van der Waals surface area contributed by atoms with Crippen LogP contribution in [-0.4, -0.2) is 6.04 Å². The summed E-state index contributed by atoms with van der Waals surface area (Å²) >= 11 is 12.2. The molecule has 0 spiro atoms. The number of halogens is 2. The van der Waals surface area contributed by atoms with Gasteiger partial charge in [-0.3, -0.25) is 0 Å². The van der Waals surface area contributed by atoms with Crippen LogP contribution in [0.2, 0.25) is 10.0 Å². The minimum absolute atomic E-state index is 0.635. The molecule has 3 heteroatoms. The van der Waals surface area contributed by atoms with Gasteiger partial charge in [0.05, 0.1) is 10.7 Å². The molecule has 2 aliphatic rings. The van der Waals surface area contributed by atoms with Crippen LogP contribution in [0.1, 0.15) is 24.8 Å². The molecular weight excluding hydrogens is 229 g/mol. The van der Waals surface area contributed by atoms with E-state index in [0.717, 1.165) is 28.1 Å². The SMILES string of the molecule is Clc1cc(Cl)c2c(c1)CCC(C1CC1)N2. The van der Waals surface area contributed by atoms with Gasteiger partial charge in [0.15, 0.2) is 0 Å². The Morgan fingerprint density at radius 2 is 1.93 bits per heavy atom. The average molecular weight is 242 g/mol. The van der Waals surface area contributed by atoms with E-state index < -0.39 is 0 Å². The number of rotatable bonds is 1. The molecule has 1 fully saturated rings. The van der Waals surface area contributed by atoms with Crippen LogP contribution in [0.4, 0.5) is 5.69 Å². The van der Waals surface area contributed by atoms with Gasteiger partial charge in [-0.15, -0.1) is 0 Å². The van der Waals surface area contributed by atoms with Gasteiger partial charge in [0.2, 0.25) is 0 Å². The van der Waals surface area contributed by atoms with Crippen LogP contribution in [-0.2, 0) is 6.42 Å². The molecule has 1 aromatic rings. The lowest BCUT2D eigenvalue weighted by molar-refractivity contribution is 0.570. The summed E-state index contributed by atoms with van der Waals surface area (Å²) in [4.78, 5) is 0. The molecule has 15 heavy (non-hydrogen) atoms. The van der Waals surface area contributed by atoms with Crippen LogP contribution >= 0.6 is 23.2 Å². The number of aryl methyl sites for hydroxylation is 1. The smallest absolute Gasteiger partial charge is 0.0655 e. The van der Waals surface area contributed by atoms with Crippen molar-refractivity contribution in [3.8, 4) is 0 Å². The molecule has 1 aromatic carbocycles. The second kappa shape index (κ2) is 3.57. The molecule has 1 heterocycles. The van der Waals surface area contributed by atoms with Crippen molar-refractivity contribution in [3.05, 3.63) is 27.7 Å². The fourth-order valence-electron chi connectivity index (χ4n) is 2.41. The van der Waals surface area contributed by atoms with Crippen LogP contribution in [0.3, 0.4) is 0 Å². The van der Waals surface area contributed by atoms with E-state index in [4.69, 9.17) is 23.2 Å². The van der Waals surface area contributed by atoms with Gasteiger partial charge in [0, 0.05) is 11.1 Å². The number of hydrogen-bond donors (Lipinski definition) is 1. The molecule has 0 amide bonds. The molecule has 1 aliphatic heterocycles. The van der Waals surface area contributed by atoms with E-state index >= 15 is 0 Å². The van der Waals surface area contributed by atoms with E-state index in [0.29, 0.717) is 6.04 Å². The van der Waals surface area contributed by atoms with Gasteiger partial charge < -0.3 is 5.32 Å². The molecule has 1 nitrogen and oxygen atoms in total. The first-order valence-electron chi connectivity index (χ1n) is 5.48. The molecule has 0 bridgehead atoms. The van der Waals surface area contributed by atoms with Gasteiger partial charge >= 0.3 is 0 Å². The molecule has 0 saturated heterocycles. The topological polar surface area (TPSA) is 12.0 Å². The van der Waals surface area contributed by atoms with Crippen LogP contribution in [0.15, 0.2) is 12.1 Å². The standard InChI is InChI=1S/C12H13Cl2N/c13-9-5-8-3-4-11(7-1-2-7)15-12(8)10(14)6-9/h5-7,11,15H,1-4H2. The van der Waals surface area contributed by atoms with E-state index in [2.05, 4.69) is 5.32 Å². The summed E-state index contributed by atoms with van der Waals surface area (Å²) in [7, 11) is 0. The molecule has 3 rings (SSSR count). The van der Waals surface area contributed by atoms with Crippen molar-refractivity contribution in [2.24, 2.45) is 5.92 Å². The molecular formula is C12H13Cl2N. The third-order valence-corrected chi connectivity index (χ3v) is 3.90. The molecule has 1 saturated carbocycles. The summed E-state index contributed by atoms with van der Waals surface area (Å²) in [6.07, 6.45) is 5.06. The molecule has 0 radical (unpaired) electrons. The van der Waals surface area contributed by atoms with Gasteiger partial charge in [-0.05, 0) is 49.3 Å². The Labute approximate surface area is 99.8 Å². The maximum absolute atomic E-state index is 6.19. The molecule has 1 aliphatic carbocycles. The summed E-state index contributed by atoms with van der Waals surface area (Å²) in [6.45, 7) is 0. The van der Waals surface area contributed by atoms with Crippen LogP contribution in [0.25, 0.3) is 0 Å². The number of benzene rings is 1. The largest absolute Gasteiger partial charge is 0.381 e. The van der Waals surface area contributed by atoms with Crippen LogP contribution < -0.4 is 5.32 Å². The number of hydrogen-bond acceptors (Lipinski definition) is 1. The maximum Gasteiger partial charge on any atom is 0.0655 e. The van der Waals surface area contributed by atoms with Crippen molar-refractivity contribution >= 4 is 28.9 Å². The van der Waals surface area contributed by atoms with Crippen molar-refractivity contribution in [1.82, 2.24) is 0 Å². The first kappa shape index (κ1) is 9.80. The number of fused-ring (bicyclic) bond motifs is 1. The molecule has 1 N–H and O–H groups in total. The third-order valence-electron chi connectivity index (χ3n) is 3.38. The monoisotopic (exact) mass is 241 g/mol. The average Bonchev–Trinajstić information content (AvgIpc) is 3.00. The van der Waals surface area contributed by atoms with Crippen molar-refractivity contribution in [2.45, 2.75) is 31.7 Å². The maximum atomic E-state index is 6.19. The second-order valence-electron chi connectivity index (χ2n) is 4.55. The minimum atomic E-state index is 0.635. The van der Waals surface area contributed by atoms with Crippen molar-refractivity contribution in [2.75, 3.05) is 5.32 Å². The molecule has 0 aromatic heterocycles. The van der Waals surface area contributed by atoms with Gasteiger partial charge in [0.1, 0.15) is 0 Å². The summed E-state index contributed by atoms with van der Waals surface area (Å²) in [5, 5.41) is 5.07. The predicted molar refractivity (Wildman–Crippen MR) is 64.9 cm³/mol. The fourth-order valence-corrected chi connectivity index (χ4v) is 3.00. The number of anilines is 1. The molecule has 1 atom stereocenters. The van der Waals surface area contributed by atoms with E-state index in [1.165, 1.54) is 24.8 Å². The lowest BCUT2D eigenvalue weighted by atomic mass is 9.95. The van der Waals surface area contributed by atoms with Crippen molar-refractivity contribution < 1.29 is 0 Å². The Hall–Kier alpha value is -0.400. The Kier molecular flexibility index (Phi) is 2.33. The Morgan fingerprint density at radius 1 is 1.13 bits per heavy atom. The van der Waals surface area contributed by atoms with Crippen LogP contribution in [0, 0.1) is 5.92 Å². The van der Waals surface area contributed by atoms with Gasteiger partial charge in [0.25, 0.3) is 0 Å². The Morgan fingerprint density at radius 3 is 2.67 bits per heavy atom. The van der Waals surface area contributed by atoms with E-state index in [9.17, 15) is 0 Å².